The number of anilines is 2. The predicted molar refractivity (Wildman–Crippen MR) is 65.8 cm³/mol. The molecule has 0 saturated carbocycles. The van der Waals surface area contributed by atoms with Crippen LogP contribution in [-0.4, -0.2) is 0 Å². The van der Waals surface area contributed by atoms with Gasteiger partial charge in [0.2, 0.25) is 0 Å². The summed E-state index contributed by atoms with van der Waals surface area (Å²) in [5.74, 6) is -1.69. The summed E-state index contributed by atoms with van der Waals surface area (Å²) in [6, 6.07) is 6.66. The van der Waals surface area contributed by atoms with E-state index < -0.39 is 23.4 Å². The molecule has 2 aromatic carbocycles. The number of nitriles is 1. The van der Waals surface area contributed by atoms with E-state index in [1.165, 1.54) is 0 Å². The zero-order valence-electron chi connectivity index (χ0n) is 10.3. The zero-order valence-corrected chi connectivity index (χ0v) is 10.3. The summed E-state index contributed by atoms with van der Waals surface area (Å²) in [5.41, 5.74) is -1.25. The number of alkyl halides is 3. The van der Waals surface area contributed by atoms with Crippen molar-refractivity contribution in [3.05, 3.63) is 59.2 Å². The van der Waals surface area contributed by atoms with Gasteiger partial charge in [-0.25, -0.2) is 8.78 Å². The van der Waals surface area contributed by atoms with Gasteiger partial charge in [-0.1, -0.05) is 0 Å². The molecule has 0 saturated heterocycles. The first-order valence-corrected chi connectivity index (χ1v) is 5.64. The molecule has 0 atom stereocenters. The molecule has 0 aliphatic heterocycles. The highest BCUT2D eigenvalue weighted by Gasteiger charge is 2.31. The van der Waals surface area contributed by atoms with Crippen molar-refractivity contribution in [2.45, 2.75) is 6.18 Å². The van der Waals surface area contributed by atoms with Crippen LogP contribution < -0.4 is 5.32 Å². The van der Waals surface area contributed by atoms with Crippen molar-refractivity contribution in [3.8, 4) is 6.07 Å². The Labute approximate surface area is 116 Å². The number of rotatable bonds is 2. The van der Waals surface area contributed by atoms with Crippen molar-refractivity contribution in [3.63, 3.8) is 0 Å². The van der Waals surface area contributed by atoms with Gasteiger partial charge in [0, 0.05) is 11.8 Å². The molecule has 1 N–H and O–H groups in total. The van der Waals surface area contributed by atoms with Gasteiger partial charge >= 0.3 is 6.18 Å². The first-order valence-electron chi connectivity index (χ1n) is 5.64. The highest BCUT2D eigenvalue weighted by molar-refractivity contribution is 5.67. The third-order valence-electron chi connectivity index (χ3n) is 2.61. The molecule has 2 aromatic rings. The summed E-state index contributed by atoms with van der Waals surface area (Å²) >= 11 is 0. The molecule has 0 bridgehead atoms. The molecule has 2 nitrogen and oxygen atoms in total. The fourth-order valence-corrected chi connectivity index (χ4v) is 1.70. The lowest BCUT2D eigenvalue weighted by atomic mass is 10.1. The summed E-state index contributed by atoms with van der Waals surface area (Å²) in [6.07, 6.45) is -4.57. The second-order valence-electron chi connectivity index (χ2n) is 4.15. The first kappa shape index (κ1) is 14.8. The van der Waals surface area contributed by atoms with E-state index in [4.69, 9.17) is 5.26 Å². The predicted octanol–water partition coefficient (Wildman–Crippen LogP) is 4.60. The average Bonchev–Trinajstić information content (AvgIpc) is 2.36. The van der Waals surface area contributed by atoms with Crippen LogP contribution in [0.1, 0.15) is 11.1 Å². The molecule has 0 radical (unpaired) electrons. The third kappa shape index (κ3) is 3.48. The van der Waals surface area contributed by atoms with Crippen molar-refractivity contribution in [1.29, 1.82) is 5.26 Å². The van der Waals surface area contributed by atoms with Crippen molar-refractivity contribution in [2.24, 2.45) is 0 Å². The van der Waals surface area contributed by atoms with Crippen molar-refractivity contribution in [2.75, 3.05) is 5.32 Å². The van der Waals surface area contributed by atoms with Crippen LogP contribution in [0.15, 0.2) is 36.4 Å². The smallest absolute Gasteiger partial charge is 0.354 e. The van der Waals surface area contributed by atoms with Crippen molar-refractivity contribution >= 4 is 11.4 Å². The van der Waals surface area contributed by atoms with Crippen molar-refractivity contribution < 1.29 is 22.0 Å². The Balaban J connectivity index is 2.39. The van der Waals surface area contributed by atoms with Crippen LogP contribution in [0.5, 0.6) is 0 Å². The van der Waals surface area contributed by atoms with E-state index in [1.54, 1.807) is 6.07 Å². The Morgan fingerprint density at radius 2 is 1.57 bits per heavy atom. The molecule has 0 amide bonds. The van der Waals surface area contributed by atoms with Gasteiger partial charge < -0.3 is 5.32 Å². The molecule has 21 heavy (non-hydrogen) atoms. The molecule has 108 valence electrons. The Morgan fingerprint density at radius 3 is 2.10 bits per heavy atom. The molecule has 0 aromatic heterocycles. The van der Waals surface area contributed by atoms with Gasteiger partial charge in [0.15, 0.2) is 0 Å². The lowest BCUT2D eigenvalue weighted by Gasteiger charge is -2.12. The molecule has 0 aliphatic rings. The van der Waals surface area contributed by atoms with Crippen molar-refractivity contribution in [1.82, 2.24) is 0 Å². The maximum atomic E-state index is 13.0. The van der Waals surface area contributed by atoms with Gasteiger partial charge in [0.25, 0.3) is 0 Å². The van der Waals surface area contributed by atoms with Crippen LogP contribution in [0.25, 0.3) is 0 Å². The Morgan fingerprint density at radius 1 is 0.952 bits per heavy atom. The Kier molecular flexibility index (Phi) is 3.80. The van der Waals surface area contributed by atoms with Gasteiger partial charge in [-0.05, 0) is 30.3 Å². The SMILES string of the molecule is N#Cc1cc(C(F)(F)F)ccc1Nc1cc(F)cc(F)c1. The minimum Gasteiger partial charge on any atom is -0.354 e. The number of nitrogens with one attached hydrogen (secondary N) is 1. The molecule has 2 rings (SSSR count). The number of hydrogen-bond donors (Lipinski definition) is 1. The third-order valence-corrected chi connectivity index (χ3v) is 2.61. The van der Waals surface area contributed by atoms with Crippen LogP contribution in [0.4, 0.5) is 33.3 Å². The van der Waals surface area contributed by atoms with E-state index in [-0.39, 0.29) is 16.9 Å². The fraction of sp³-hybridized carbons (Fsp3) is 0.0714. The van der Waals surface area contributed by atoms with E-state index in [1.807, 2.05) is 0 Å². The average molecular weight is 298 g/mol. The molecule has 0 spiro atoms. The van der Waals surface area contributed by atoms with E-state index in [0.717, 1.165) is 24.3 Å². The van der Waals surface area contributed by atoms with Gasteiger partial charge in [-0.15, -0.1) is 0 Å². The monoisotopic (exact) mass is 298 g/mol. The molecule has 0 fully saturated rings. The zero-order chi connectivity index (χ0) is 15.6. The number of nitrogens with zero attached hydrogens (tertiary/aromatic N) is 1. The van der Waals surface area contributed by atoms with Crippen LogP contribution in [0.2, 0.25) is 0 Å². The molecular formula is C14H7F5N2. The summed E-state index contributed by atoms with van der Waals surface area (Å²) in [6.45, 7) is 0. The standard InChI is InChI=1S/C14H7F5N2/c15-10-4-11(16)6-12(5-10)21-13-2-1-9(14(17,18)19)3-8(13)7-20/h1-6,21H. The summed E-state index contributed by atoms with van der Waals surface area (Å²) in [5, 5.41) is 11.4. The molecule has 0 heterocycles. The van der Waals surface area contributed by atoms with Gasteiger partial charge in [-0.3, -0.25) is 0 Å². The quantitative estimate of drug-likeness (QED) is 0.822. The largest absolute Gasteiger partial charge is 0.416 e. The van der Waals surface area contributed by atoms with Crippen LogP contribution in [0, 0.1) is 23.0 Å². The summed E-state index contributed by atoms with van der Waals surface area (Å²) in [4.78, 5) is 0. The first-order chi connectivity index (χ1) is 9.79. The van der Waals surface area contributed by atoms with E-state index in [0.29, 0.717) is 12.1 Å². The van der Waals surface area contributed by atoms with E-state index in [2.05, 4.69) is 5.32 Å². The van der Waals surface area contributed by atoms with Gasteiger partial charge in [-0.2, -0.15) is 18.4 Å². The maximum Gasteiger partial charge on any atom is 0.416 e. The lowest BCUT2D eigenvalue weighted by Crippen LogP contribution is -2.06. The normalized spacial score (nSPS) is 11.0. The van der Waals surface area contributed by atoms with Crippen LogP contribution in [0.3, 0.4) is 0 Å². The van der Waals surface area contributed by atoms with Crippen LogP contribution in [-0.2, 0) is 6.18 Å². The second-order valence-corrected chi connectivity index (χ2v) is 4.15. The van der Waals surface area contributed by atoms with E-state index in [9.17, 15) is 22.0 Å². The number of benzene rings is 2. The van der Waals surface area contributed by atoms with Gasteiger partial charge in [0.05, 0.1) is 16.8 Å². The second kappa shape index (κ2) is 5.40. The highest BCUT2D eigenvalue weighted by atomic mass is 19.4. The molecule has 0 aliphatic carbocycles. The minimum absolute atomic E-state index is 0.0104. The molecular weight excluding hydrogens is 291 g/mol. The summed E-state index contributed by atoms with van der Waals surface area (Å²) < 4.78 is 63.7. The Bertz CT molecular complexity index is 696. The molecule has 0 unspecified atom stereocenters. The minimum atomic E-state index is -4.57. The highest BCUT2D eigenvalue weighted by Crippen LogP contribution is 2.32. The summed E-state index contributed by atoms with van der Waals surface area (Å²) in [7, 11) is 0. The molecule has 7 heteroatoms. The number of halogens is 5. The number of hydrogen-bond acceptors (Lipinski definition) is 2. The lowest BCUT2D eigenvalue weighted by molar-refractivity contribution is -0.137. The Hall–Kier alpha value is -2.62. The van der Waals surface area contributed by atoms with Crippen LogP contribution >= 0.6 is 0 Å². The topological polar surface area (TPSA) is 35.8 Å². The fourth-order valence-electron chi connectivity index (χ4n) is 1.70. The van der Waals surface area contributed by atoms with E-state index >= 15 is 0 Å². The van der Waals surface area contributed by atoms with Gasteiger partial charge in [0.1, 0.15) is 17.7 Å². The maximum absolute atomic E-state index is 13.0.